The highest BCUT2D eigenvalue weighted by Gasteiger charge is 2.62. The van der Waals surface area contributed by atoms with Gasteiger partial charge in [0, 0.05) is 125 Å². The fourth-order valence-electron chi connectivity index (χ4n) is 14.6. The first-order valence-electron chi connectivity index (χ1n) is 43.0. The van der Waals surface area contributed by atoms with Gasteiger partial charge in [-0.1, -0.05) is 213 Å². The normalized spacial score (nSPS) is 15.6. The number of aromatic hydroxyl groups is 5. The van der Waals surface area contributed by atoms with Crippen LogP contribution in [0.4, 0.5) is 62.6 Å². The predicted molar refractivity (Wildman–Crippen MR) is 504 cm³/mol. The summed E-state index contributed by atoms with van der Waals surface area (Å²) in [6.07, 6.45) is -3.34. The van der Waals surface area contributed by atoms with Crippen molar-refractivity contribution in [2.45, 2.75) is 165 Å². The van der Waals surface area contributed by atoms with Crippen LogP contribution in [0.5, 0.6) is 40.2 Å². The lowest BCUT2D eigenvalue weighted by Crippen LogP contribution is -2.73. The Morgan fingerprint density at radius 2 is 0.669 bits per heavy atom. The zero-order valence-corrected chi connectivity index (χ0v) is 75.1. The Labute approximate surface area is 744 Å². The summed E-state index contributed by atoms with van der Waals surface area (Å²) in [7, 11) is 0. The van der Waals surface area contributed by atoms with E-state index in [-0.39, 0.29) is 81.7 Å². The lowest BCUT2D eigenvalue weighted by Gasteiger charge is -2.64. The number of Topliss-reactive ketones (excluding diaryl/α,β-unsaturated/α-hetero) is 1. The van der Waals surface area contributed by atoms with Gasteiger partial charge in [-0.25, -0.2) is 0 Å². The molecule has 2 aliphatic carbocycles. The molecule has 0 heterocycles. The second-order valence-corrected chi connectivity index (χ2v) is 33.8. The zero-order valence-electron chi connectivity index (χ0n) is 75.1. The molecule has 1 fully saturated rings. The predicted octanol–water partition coefficient (Wildman–Crippen LogP) is 18.1. The number of nitrogens with one attached hydrogen (secondary N) is 1. The lowest BCUT2D eigenvalue weighted by atomic mass is 9.68. The van der Waals surface area contributed by atoms with Crippen LogP contribution in [0.3, 0.4) is 0 Å². The molecule has 0 aromatic heterocycles. The SMILES string of the molecule is CC(C)CN(CC(C)C)c1cc(O)c(C2C([O-])C(N(c3ccccc3)c3ccccc3)C2[O-])c(O)c1.CC(C)CN(CC(C)C)c1cc(O)cc(O)c1.CC(C)OC1=C(OC(C)C)C(O)(N(c2ccccc2)c2ccccc2)C1=O.CC(C)Oc1c(OC(C)C)c(=O)c1=O.O=c1c(O)c(N(c2ccccc2)c2ccccc2)c1=O.c1ccc(Nc2ccccc2)cc1. The first-order chi connectivity index (χ1) is 60.5. The second kappa shape index (κ2) is 45.5. The standard InChI is InChI=1S/C30H36N2O4.C22H25NO4.C16H11NO3.C14H23NO2.C12H11N.C10H14O4/c1-19(2)17-31(18-20(3)4)23-15-24(33)26(25(34)16-23)27-29(35)28(30(27)36)32(21-11-7-5-8-12-21)22-13-9-6-10-14-22;1-15(2)26-19-20(24)22(25,21(19)27-16(3)4)23(17-11-7-5-8-12-17)18-13-9-6-10-14-18;18-14-13(15(19)16(14)20)17(11-7-3-1-4-8-11)12-9-5-2-6-10-12;1-10(2)8-15(9-11(3)4)12-5-13(16)7-14(17)6-12;1-3-7-11(8-4-1)13-12-9-5-2-6-10-12;1-5(2)13-9-7(11)8(12)10(9)14-6(3)4/h5-16,19-20,27-30,33-34H,17-18H2,1-4H3;5-16,25H,1-4H3;1-10,18H;5-7,10-11,16-17H,8-9H2,1-4H3;1-10,13H;5-6H,1-4H3/q-2;;;;;. The molecule has 12 aromatic carbocycles. The Morgan fingerprint density at radius 3 is 0.984 bits per heavy atom. The number of nitrogens with zero attached hydrogens (tertiary/aromatic N) is 5. The number of rotatable bonds is 30. The van der Waals surface area contributed by atoms with E-state index in [0.717, 1.165) is 54.6 Å². The molecule has 0 amide bonds. The summed E-state index contributed by atoms with van der Waals surface area (Å²) < 4.78 is 21.8. The van der Waals surface area contributed by atoms with Crippen LogP contribution in [0.25, 0.3) is 0 Å². The topological polar surface area (TPSA) is 318 Å². The van der Waals surface area contributed by atoms with Gasteiger partial charge in [0.2, 0.25) is 23.0 Å². The van der Waals surface area contributed by atoms with Gasteiger partial charge in [-0.15, -0.1) is 0 Å². The molecule has 12 aromatic rings. The number of hydrogen-bond donors (Lipinski definition) is 7. The van der Waals surface area contributed by atoms with Gasteiger partial charge in [-0.3, -0.25) is 28.9 Å². The molecule has 2 aliphatic rings. The van der Waals surface area contributed by atoms with E-state index in [1.807, 2.05) is 270 Å². The van der Waals surface area contributed by atoms with Crippen LogP contribution >= 0.6 is 0 Å². The third-order valence-electron chi connectivity index (χ3n) is 19.7. The van der Waals surface area contributed by atoms with E-state index < -0.39 is 63.1 Å². The molecule has 23 heteroatoms. The first kappa shape index (κ1) is 97.5. The quantitative estimate of drug-likeness (QED) is 0.0162. The van der Waals surface area contributed by atoms with Crippen LogP contribution < -0.4 is 71.2 Å². The Kier molecular flexibility index (Phi) is 34.9. The van der Waals surface area contributed by atoms with Crippen molar-refractivity contribution in [3.63, 3.8) is 0 Å². The van der Waals surface area contributed by atoms with Gasteiger partial charge < -0.3 is 84.7 Å². The van der Waals surface area contributed by atoms with Crippen LogP contribution in [-0.4, -0.2) is 111 Å². The highest BCUT2D eigenvalue weighted by molar-refractivity contribution is 6.13. The van der Waals surface area contributed by atoms with Crippen molar-refractivity contribution in [1.82, 2.24) is 0 Å². The van der Waals surface area contributed by atoms with Crippen LogP contribution in [0.15, 0.2) is 304 Å². The number of para-hydroxylation sites is 8. The van der Waals surface area contributed by atoms with Gasteiger partial charge in [0.05, 0.1) is 24.4 Å². The van der Waals surface area contributed by atoms with Gasteiger partial charge in [0.1, 0.15) is 28.7 Å². The van der Waals surface area contributed by atoms with Crippen LogP contribution in [-0.2, 0) is 14.3 Å². The Bertz CT molecular complexity index is 5330. The van der Waals surface area contributed by atoms with Crippen molar-refractivity contribution in [1.29, 1.82) is 0 Å². The molecule has 670 valence electrons. The lowest BCUT2D eigenvalue weighted by molar-refractivity contribution is -0.532. The van der Waals surface area contributed by atoms with E-state index in [2.05, 4.69) is 70.5 Å². The smallest absolute Gasteiger partial charge is 0.275 e. The van der Waals surface area contributed by atoms with E-state index in [0.29, 0.717) is 52.1 Å². The van der Waals surface area contributed by atoms with Crippen molar-refractivity contribution in [2.75, 3.05) is 56.0 Å². The van der Waals surface area contributed by atoms with E-state index in [1.165, 1.54) is 6.07 Å². The first-order valence-corrected chi connectivity index (χ1v) is 43.0. The van der Waals surface area contributed by atoms with E-state index in [9.17, 15) is 64.8 Å². The minimum absolute atomic E-state index is 0.0207. The number of ether oxygens (including phenoxy) is 4. The van der Waals surface area contributed by atoms with Gasteiger partial charge in [0.25, 0.3) is 33.2 Å². The molecular formula is C104H120N6O17-2. The summed E-state index contributed by atoms with van der Waals surface area (Å²) in [6.45, 7) is 35.0. The van der Waals surface area contributed by atoms with Crippen molar-refractivity contribution >= 4 is 68.3 Å². The number of benzene rings is 10. The average molecular weight is 1730 g/mol. The number of carbonyl (C=O) groups is 1. The fourth-order valence-corrected chi connectivity index (χ4v) is 14.6. The van der Waals surface area contributed by atoms with Gasteiger partial charge in [-0.2, -0.15) is 0 Å². The number of phenolic OH excluding ortho intramolecular Hbond substituents is 4. The average Bonchev–Trinajstić information content (AvgIpc) is 0.705. The summed E-state index contributed by atoms with van der Waals surface area (Å²) in [5.74, 6) is 0.00577. The van der Waals surface area contributed by atoms with Crippen molar-refractivity contribution < 1.29 is 64.6 Å². The van der Waals surface area contributed by atoms with Crippen LogP contribution in [0.1, 0.15) is 122 Å². The number of anilines is 11. The monoisotopic (exact) mass is 1720 g/mol. The molecule has 0 aliphatic heterocycles. The van der Waals surface area contributed by atoms with E-state index in [4.69, 9.17) is 18.9 Å². The number of phenols is 4. The maximum Gasteiger partial charge on any atom is 0.275 e. The maximum atomic E-state index is 13.6. The number of ketones is 1. The van der Waals surface area contributed by atoms with Crippen LogP contribution in [0, 0.1) is 23.7 Å². The molecule has 3 unspecified atom stereocenters. The molecule has 0 saturated heterocycles. The molecule has 23 nitrogen and oxygen atoms in total. The molecule has 3 atom stereocenters. The molecule has 14 rings (SSSR count). The van der Waals surface area contributed by atoms with Crippen molar-refractivity contribution in [3.8, 4) is 40.2 Å². The molecule has 7 N–H and O–H groups in total. The van der Waals surface area contributed by atoms with Crippen molar-refractivity contribution in [3.05, 3.63) is 331 Å². The molecule has 1 saturated carbocycles. The summed E-state index contributed by atoms with van der Waals surface area (Å²) in [4.78, 5) is 67.5. The summed E-state index contributed by atoms with van der Waals surface area (Å²) >= 11 is 0. The Morgan fingerprint density at radius 1 is 0.362 bits per heavy atom. The van der Waals surface area contributed by atoms with Crippen molar-refractivity contribution in [2.24, 2.45) is 23.7 Å². The fraction of sp³-hybridized carbons (Fsp3) is 0.317. The highest BCUT2D eigenvalue weighted by Crippen LogP contribution is 2.51. The minimum atomic E-state index is -1.96. The Balaban J connectivity index is 0.000000179. The molecular weight excluding hydrogens is 1610 g/mol. The summed E-state index contributed by atoms with van der Waals surface area (Å²) in [6, 6.07) is 82.9. The zero-order chi connectivity index (χ0) is 92.5. The molecule has 0 spiro atoms. The second-order valence-electron chi connectivity index (χ2n) is 33.8. The maximum absolute atomic E-state index is 13.6. The number of carbonyl (C=O) groups excluding carboxylic acids is 1. The van der Waals surface area contributed by atoms with Gasteiger partial charge in [-0.05, 0) is 182 Å². The third-order valence-corrected chi connectivity index (χ3v) is 19.7. The third kappa shape index (κ3) is 25.5. The Hall–Kier alpha value is -13.4. The van der Waals surface area contributed by atoms with Gasteiger partial charge in [0.15, 0.2) is 5.75 Å². The van der Waals surface area contributed by atoms with E-state index >= 15 is 0 Å². The highest BCUT2D eigenvalue weighted by atomic mass is 16.6. The molecule has 127 heavy (non-hydrogen) atoms. The number of aliphatic hydroxyl groups is 1. The van der Waals surface area contributed by atoms with E-state index in [1.54, 1.807) is 66.7 Å². The van der Waals surface area contributed by atoms with Crippen LogP contribution in [0.2, 0.25) is 0 Å². The largest absolute Gasteiger partial charge is 0.850 e. The minimum Gasteiger partial charge on any atom is -0.850 e. The molecule has 0 radical (unpaired) electrons. The number of hydrogen-bond acceptors (Lipinski definition) is 23. The summed E-state index contributed by atoms with van der Waals surface area (Å²) in [5.41, 5.74) is 3.53. The molecule has 0 bridgehead atoms. The van der Waals surface area contributed by atoms with Gasteiger partial charge >= 0.3 is 0 Å². The summed E-state index contributed by atoms with van der Waals surface area (Å²) in [5, 5.41) is 92.7.